The van der Waals surface area contributed by atoms with Crippen molar-refractivity contribution in [2.75, 3.05) is 20.1 Å². The number of carbonyl (C=O) groups excluding carboxylic acids is 2. The van der Waals surface area contributed by atoms with Crippen LogP contribution in [0, 0.1) is 17.8 Å². The summed E-state index contributed by atoms with van der Waals surface area (Å²) in [5.41, 5.74) is 6.29. The molecule has 0 aromatic heterocycles. The Hall–Kier alpha value is -1.10. The predicted octanol–water partition coefficient (Wildman–Crippen LogP) is 1.12. The molecule has 21 heavy (non-hydrogen) atoms. The van der Waals surface area contributed by atoms with Crippen molar-refractivity contribution in [1.29, 1.82) is 0 Å². The molecule has 3 N–H and O–H groups in total. The molecular formula is C16H29N3O2. The zero-order valence-electron chi connectivity index (χ0n) is 13.3. The van der Waals surface area contributed by atoms with Crippen molar-refractivity contribution < 1.29 is 9.59 Å². The lowest BCUT2D eigenvalue weighted by Crippen LogP contribution is -2.51. The van der Waals surface area contributed by atoms with Crippen LogP contribution < -0.4 is 11.1 Å². The quantitative estimate of drug-likeness (QED) is 0.798. The molecule has 2 bridgehead atoms. The number of nitrogens with zero attached hydrogens (tertiary/aromatic N) is 1. The van der Waals surface area contributed by atoms with Crippen LogP contribution in [-0.2, 0) is 9.59 Å². The molecule has 2 atom stereocenters. The van der Waals surface area contributed by atoms with Gasteiger partial charge in [-0.05, 0) is 43.9 Å². The number of nitrogens with two attached hydrogens (primary N) is 1. The number of amides is 2. The molecule has 5 heteroatoms. The highest BCUT2D eigenvalue weighted by molar-refractivity contribution is 5.85. The van der Waals surface area contributed by atoms with Gasteiger partial charge in [0.25, 0.3) is 0 Å². The Balaban J connectivity index is 2.01. The highest BCUT2D eigenvalue weighted by Gasteiger charge is 2.41. The largest absolute Gasteiger partial charge is 0.358 e. The summed E-state index contributed by atoms with van der Waals surface area (Å²) < 4.78 is 0. The molecule has 120 valence electrons. The SMILES string of the molecule is CCCN(CC(=O)NC)C(=O)C1CC2CCCC(C1)C2N. The van der Waals surface area contributed by atoms with Gasteiger partial charge in [-0.25, -0.2) is 0 Å². The van der Waals surface area contributed by atoms with E-state index in [0.717, 1.165) is 32.1 Å². The topological polar surface area (TPSA) is 75.4 Å². The lowest BCUT2D eigenvalue weighted by molar-refractivity contribution is -0.142. The molecule has 5 nitrogen and oxygen atoms in total. The summed E-state index contributed by atoms with van der Waals surface area (Å²) in [4.78, 5) is 26.1. The molecule has 2 unspecified atom stereocenters. The van der Waals surface area contributed by atoms with Crippen molar-refractivity contribution in [3.63, 3.8) is 0 Å². The van der Waals surface area contributed by atoms with E-state index in [1.165, 1.54) is 6.42 Å². The minimum absolute atomic E-state index is 0.0660. The number of fused-ring (bicyclic) bond motifs is 2. The average Bonchev–Trinajstić information content (AvgIpc) is 2.45. The Bertz CT molecular complexity index is 372. The van der Waals surface area contributed by atoms with Crippen LogP contribution in [0.5, 0.6) is 0 Å². The minimum Gasteiger partial charge on any atom is -0.358 e. The molecule has 0 aromatic rings. The predicted molar refractivity (Wildman–Crippen MR) is 82.5 cm³/mol. The fraction of sp³-hybridized carbons (Fsp3) is 0.875. The number of hydrogen-bond acceptors (Lipinski definition) is 3. The van der Waals surface area contributed by atoms with Crippen molar-refractivity contribution in [2.24, 2.45) is 23.5 Å². The maximum Gasteiger partial charge on any atom is 0.239 e. The van der Waals surface area contributed by atoms with E-state index in [0.29, 0.717) is 18.4 Å². The van der Waals surface area contributed by atoms with Crippen molar-refractivity contribution in [3.05, 3.63) is 0 Å². The molecule has 0 aliphatic heterocycles. The zero-order valence-corrected chi connectivity index (χ0v) is 13.3. The van der Waals surface area contributed by atoms with Gasteiger partial charge in [0, 0.05) is 25.6 Å². The van der Waals surface area contributed by atoms with E-state index in [4.69, 9.17) is 5.73 Å². The highest BCUT2D eigenvalue weighted by atomic mass is 16.2. The molecule has 2 aliphatic rings. The average molecular weight is 295 g/mol. The monoisotopic (exact) mass is 295 g/mol. The number of likely N-dealkylation sites (N-methyl/N-ethyl adjacent to an activating group) is 1. The van der Waals surface area contributed by atoms with Gasteiger partial charge in [0.15, 0.2) is 0 Å². The van der Waals surface area contributed by atoms with E-state index in [1.54, 1.807) is 11.9 Å². The summed E-state index contributed by atoms with van der Waals surface area (Å²) in [7, 11) is 1.61. The summed E-state index contributed by atoms with van der Waals surface area (Å²) in [5.74, 6) is 1.12. The summed E-state index contributed by atoms with van der Waals surface area (Å²) in [6.45, 7) is 2.88. The molecule has 2 aliphatic carbocycles. The first-order chi connectivity index (χ1) is 10.1. The second-order valence-electron chi connectivity index (χ2n) is 6.63. The van der Waals surface area contributed by atoms with Crippen LogP contribution in [0.2, 0.25) is 0 Å². The Morgan fingerprint density at radius 1 is 1.24 bits per heavy atom. The zero-order chi connectivity index (χ0) is 15.4. The van der Waals surface area contributed by atoms with Crippen molar-refractivity contribution >= 4 is 11.8 Å². The minimum atomic E-state index is -0.0931. The lowest BCUT2D eigenvalue weighted by Gasteiger charge is -2.44. The van der Waals surface area contributed by atoms with Gasteiger partial charge < -0.3 is 16.0 Å². The smallest absolute Gasteiger partial charge is 0.239 e. The first kappa shape index (κ1) is 16.3. The van der Waals surface area contributed by atoms with E-state index in [-0.39, 0.29) is 30.3 Å². The van der Waals surface area contributed by atoms with Gasteiger partial charge >= 0.3 is 0 Å². The molecule has 2 saturated carbocycles. The molecule has 0 radical (unpaired) electrons. The fourth-order valence-corrected chi connectivity index (χ4v) is 4.04. The van der Waals surface area contributed by atoms with Crippen LogP contribution in [0.25, 0.3) is 0 Å². The van der Waals surface area contributed by atoms with E-state index in [1.807, 2.05) is 6.92 Å². The Morgan fingerprint density at radius 2 is 1.86 bits per heavy atom. The third-order valence-corrected chi connectivity index (χ3v) is 5.18. The molecular weight excluding hydrogens is 266 g/mol. The number of nitrogens with one attached hydrogen (secondary N) is 1. The van der Waals surface area contributed by atoms with Crippen LogP contribution in [0.15, 0.2) is 0 Å². The van der Waals surface area contributed by atoms with E-state index in [9.17, 15) is 9.59 Å². The fourth-order valence-electron chi connectivity index (χ4n) is 4.04. The Morgan fingerprint density at radius 3 is 2.38 bits per heavy atom. The molecule has 2 amide bonds. The maximum atomic E-state index is 12.8. The second kappa shape index (κ2) is 7.25. The van der Waals surface area contributed by atoms with Crippen LogP contribution in [-0.4, -0.2) is 42.9 Å². The van der Waals surface area contributed by atoms with Gasteiger partial charge in [-0.15, -0.1) is 0 Å². The van der Waals surface area contributed by atoms with Crippen LogP contribution in [0.3, 0.4) is 0 Å². The second-order valence-corrected chi connectivity index (χ2v) is 6.63. The lowest BCUT2D eigenvalue weighted by atomic mass is 9.65. The third-order valence-electron chi connectivity index (χ3n) is 5.18. The van der Waals surface area contributed by atoms with Crippen molar-refractivity contribution in [1.82, 2.24) is 10.2 Å². The van der Waals surface area contributed by atoms with E-state index in [2.05, 4.69) is 5.32 Å². The molecule has 2 fully saturated rings. The summed E-state index contributed by atoms with van der Waals surface area (Å²) in [6, 6.07) is 0.279. The molecule has 0 heterocycles. The normalized spacial score (nSPS) is 31.6. The number of hydrogen-bond donors (Lipinski definition) is 2. The van der Waals surface area contributed by atoms with Crippen molar-refractivity contribution in [3.8, 4) is 0 Å². The van der Waals surface area contributed by atoms with Crippen LogP contribution in [0.4, 0.5) is 0 Å². The van der Waals surface area contributed by atoms with Crippen molar-refractivity contribution in [2.45, 2.75) is 51.5 Å². The summed E-state index contributed by atoms with van der Waals surface area (Å²) in [6.07, 6.45) is 6.26. The van der Waals surface area contributed by atoms with Gasteiger partial charge in [0.2, 0.25) is 11.8 Å². The number of carbonyl (C=O) groups is 2. The molecule has 0 spiro atoms. The van der Waals surface area contributed by atoms with Crippen LogP contribution in [0.1, 0.15) is 45.4 Å². The Labute approximate surface area is 127 Å². The van der Waals surface area contributed by atoms with Gasteiger partial charge in [-0.1, -0.05) is 13.3 Å². The summed E-state index contributed by atoms with van der Waals surface area (Å²) >= 11 is 0. The summed E-state index contributed by atoms with van der Waals surface area (Å²) in [5, 5.41) is 2.61. The van der Waals surface area contributed by atoms with Gasteiger partial charge in [-0.2, -0.15) is 0 Å². The standard InChI is InChI=1S/C16H29N3O2/c1-3-7-19(10-14(20)18-2)16(21)13-8-11-5-4-6-12(9-13)15(11)17/h11-13,15H,3-10,17H2,1-2H3,(H,18,20). The third kappa shape index (κ3) is 3.76. The van der Waals surface area contributed by atoms with E-state index < -0.39 is 0 Å². The first-order valence-corrected chi connectivity index (χ1v) is 8.31. The number of rotatable bonds is 5. The Kier molecular flexibility index (Phi) is 5.62. The van der Waals surface area contributed by atoms with Gasteiger partial charge in [0.05, 0.1) is 6.54 Å². The molecule has 2 rings (SSSR count). The van der Waals surface area contributed by atoms with Crippen LogP contribution >= 0.6 is 0 Å². The highest BCUT2D eigenvalue weighted by Crippen LogP contribution is 2.42. The molecule has 0 saturated heterocycles. The van der Waals surface area contributed by atoms with Gasteiger partial charge in [0.1, 0.15) is 0 Å². The maximum absolute atomic E-state index is 12.8. The molecule has 0 aromatic carbocycles. The van der Waals surface area contributed by atoms with E-state index >= 15 is 0 Å². The van der Waals surface area contributed by atoms with Gasteiger partial charge in [-0.3, -0.25) is 9.59 Å². The first-order valence-electron chi connectivity index (χ1n) is 8.31.